The van der Waals surface area contributed by atoms with Crippen LogP contribution in [0.5, 0.6) is 11.6 Å². The number of carboxylic acids is 1. The molecule has 1 saturated heterocycles. The Labute approximate surface area is 214 Å². The minimum Gasteiger partial charge on any atom is -0.507 e. The van der Waals surface area contributed by atoms with Gasteiger partial charge in [0, 0.05) is 47.1 Å². The summed E-state index contributed by atoms with van der Waals surface area (Å²) in [6.45, 7) is 2.97. The fourth-order valence-corrected chi connectivity index (χ4v) is 5.85. The SMILES string of the molecule is O=C(O)c1coc2c1c(C(c1ccnc(OCC3CCCC3)c1)N1CCOCC1)c(O)c1ccccc12. The standard InChI is InChI=1S/C29H30N2O6/c32-27-20-7-3-4-8-21(20)28-24(22(17-37-28)29(33)34)25(27)26(31-11-13-35-14-12-31)19-9-10-30-23(15-19)36-16-18-5-1-2-6-18/h3-4,7-10,15,17-18,26,32H,1-2,5-6,11-14,16H2,(H,33,34). The number of morpholine rings is 1. The second kappa shape index (κ2) is 10.0. The number of benzene rings is 2. The van der Waals surface area contributed by atoms with Crippen molar-refractivity contribution in [1.29, 1.82) is 0 Å². The summed E-state index contributed by atoms with van der Waals surface area (Å²) in [5.41, 5.74) is 1.85. The molecule has 2 fully saturated rings. The number of nitrogens with zero attached hydrogens (tertiary/aromatic N) is 2. The molecule has 192 valence electrons. The third-order valence-electron chi connectivity index (χ3n) is 7.67. The number of pyridine rings is 1. The van der Waals surface area contributed by atoms with Crippen LogP contribution in [-0.4, -0.2) is 59.0 Å². The van der Waals surface area contributed by atoms with Gasteiger partial charge in [0.25, 0.3) is 0 Å². The predicted molar refractivity (Wildman–Crippen MR) is 138 cm³/mol. The molecule has 4 aromatic rings. The van der Waals surface area contributed by atoms with Crippen LogP contribution in [0, 0.1) is 5.92 Å². The van der Waals surface area contributed by atoms with Crippen LogP contribution in [0.2, 0.25) is 0 Å². The summed E-state index contributed by atoms with van der Waals surface area (Å²) in [4.78, 5) is 18.9. The molecule has 8 nitrogen and oxygen atoms in total. The van der Waals surface area contributed by atoms with Gasteiger partial charge in [-0.15, -0.1) is 0 Å². The van der Waals surface area contributed by atoms with E-state index < -0.39 is 12.0 Å². The zero-order chi connectivity index (χ0) is 25.4. The average molecular weight is 503 g/mol. The van der Waals surface area contributed by atoms with Gasteiger partial charge in [0.05, 0.1) is 25.9 Å². The number of fused-ring (bicyclic) bond motifs is 3. The van der Waals surface area contributed by atoms with Crippen molar-refractivity contribution in [2.75, 3.05) is 32.9 Å². The van der Waals surface area contributed by atoms with Crippen LogP contribution in [0.4, 0.5) is 0 Å². The average Bonchev–Trinajstić information content (AvgIpc) is 3.61. The molecule has 3 heterocycles. The number of carbonyl (C=O) groups is 1. The Morgan fingerprint density at radius 2 is 1.89 bits per heavy atom. The smallest absolute Gasteiger partial charge is 0.339 e. The number of ether oxygens (including phenoxy) is 2. The van der Waals surface area contributed by atoms with Gasteiger partial charge >= 0.3 is 5.97 Å². The summed E-state index contributed by atoms with van der Waals surface area (Å²) in [6, 6.07) is 10.7. The lowest BCUT2D eigenvalue weighted by atomic mass is 9.89. The maximum Gasteiger partial charge on any atom is 0.339 e. The molecule has 2 aliphatic rings. The van der Waals surface area contributed by atoms with Crippen LogP contribution in [0.1, 0.15) is 53.2 Å². The summed E-state index contributed by atoms with van der Waals surface area (Å²) in [7, 11) is 0. The summed E-state index contributed by atoms with van der Waals surface area (Å²) < 4.78 is 17.6. The maximum atomic E-state index is 12.3. The van der Waals surface area contributed by atoms with E-state index in [2.05, 4.69) is 9.88 Å². The normalized spacial score (nSPS) is 17.9. The van der Waals surface area contributed by atoms with Crippen molar-refractivity contribution in [2.45, 2.75) is 31.7 Å². The lowest BCUT2D eigenvalue weighted by Crippen LogP contribution is -2.39. The van der Waals surface area contributed by atoms with Crippen LogP contribution in [0.25, 0.3) is 21.7 Å². The van der Waals surface area contributed by atoms with Gasteiger partial charge in [-0.1, -0.05) is 37.1 Å². The zero-order valence-electron chi connectivity index (χ0n) is 20.6. The van der Waals surface area contributed by atoms with E-state index in [0.29, 0.717) is 72.0 Å². The molecule has 0 spiro atoms. The number of furan rings is 1. The zero-order valence-corrected chi connectivity index (χ0v) is 20.6. The van der Waals surface area contributed by atoms with Gasteiger partial charge < -0.3 is 24.1 Å². The lowest BCUT2D eigenvalue weighted by molar-refractivity contribution is 0.0238. The molecule has 0 bridgehead atoms. The molecule has 1 atom stereocenters. The van der Waals surface area contributed by atoms with E-state index in [1.807, 2.05) is 36.4 Å². The second-order valence-electron chi connectivity index (χ2n) is 9.91. The second-order valence-corrected chi connectivity index (χ2v) is 9.91. The van der Waals surface area contributed by atoms with E-state index in [1.165, 1.54) is 31.9 Å². The third-order valence-corrected chi connectivity index (χ3v) is 7.67. The van der Waals surface area contributed by atoms with Gasteiger partial charge in [0.2, 0.25) is 5.88 Å². The molecule has 1 unspecified atom stereocenters. The third kappa shape index (κ3) is 4.40. The summed E-state index contributed by atoms with van der Waals surface area (Å²) in [5.74, 6) is 0.0259. The Morgan fingerprint density at radius 3 is 2.65 bits per heavy atom. The van der Waals surface area contributed by atoms with E-state index in [1.54, 1.807) is 6.20 Å². The van der Waals surface area contributed by atoms with Crippen molar-refractivity contribution in [1.82, 2.24) is 9.88 Å². The molecule has 37 heavy (non-hydrogen) atoms. The van der Waals surface area contributed by atoms with Crippen molar-refractivity contribution in [3.8, 4) is 11.6 Å². The number of phenolic OH excluding ortho intramolecular Hbond substituents is 1. The van der Waals surface area contributed by atoms with E-state index in [-0.39, 0.29) is 11.3 Å². The molecule has 1 aliphatic heterocycles. The van der Waals surface area contributed by atoms with Gasteiger partial charge in [-0.25, -0.2) is 9.78 Å². The first-order valence-electron chi connectivity index (χ1n) is 12.9. The molecule has 8 heteroatoms. The number of phenols is 1. The van der Waals surface area contributed by atoms with Crippen LogP contribution in [-0.2, 0) is 4.74 Å². The number of hydrogen-bond donors (Lipinski definition) is 2. The first-order valence-corrected chi connectivity index (χ1v) is 12.9. The first kappa shape index (κ1) is 23.8. The molecule has 1 saturated carbocycles. The molecule has 1 aliphatic carbocycles. The van der Waals surface area contributed by atoms with E-state index in [0.717, 1.165) is 5.56 Å². The molecule has 0 amide bonds. The van der Waals surface area contributed by atoms with Gasteiger partial charge in [0.15, 0.2) is 0 Å². The molecule has 2 aromatic heterocycles. The Bertz CT molecular complexity index is 1440. The van der Waals surface area contributed by atoms with Crippen molar-refractivity contribution in [3.05, 3.63) is 65.5 Å². The highest BCUT2D eigenvalue weighted by atomic mass is 16.5. The Balaban J connectivity index is 1.53. The fourth-order valence-electron chi connectivity index (χ4n) is 5.85. The number of aromatic hydroxyl groups is 1. The number of aromatic nitrogens is 1. The highest BCUT2D eigenvalue weighted by Crippen LogP contribution is 2.46. The number of rotatable bonds is 7. The van der Waals surface area contributed by atoms with Crippen molar-refractivity contribution in [2.24, 2.45) is 5.92 Å². The quantitative estimate of drug-likeness (QED) is 0.347. The minimum atomic E-state index is -1.11. The van der Waals surface area contributed by atoms with Gasteiger partial charge in [-0.2, -0.15) is 0 Å². The molecule has 2 N–H and O–H groups in total. The van der Waals surface area contributed by atoms with Crippen molar-refractivity contribution in [3.63, 3.8) is 0 Å². The van der Waals surface area contributed by atoms with Crippen LogP contribution < -0.4 is 4.74 Å². The lowest BCUT2D eigenvalue weighted by Gasteiger charge is -2.36. The molecular formula is C29H30N2O6. The Morgan fingerprint density at radius 1 is 1.14 bits per heavy atom. The monoisotopic (exact) mass is 502 g/mol. The van der Waals surface area contributed by atoms with Gasteiger partial charge in [-0.3, -0.25) is 4.90 Å². The largest absolute Gasteiger partial charge is 0.507 e. The molecule has 6 rings (SSSR count). The minimum absolute atomic E-state index is 0.0241. The number of hydrogen-bond acceptors (Lipinski definition) is 7. The fraction of sp³-hybridized carbons (Fsp3) is 0.379. The Kier molecular flexibility index (Phi) is 6.44. The number of aromatic carboxylic acids is 1. The molecule has 2 aromatic carbocycles. The topological polar surface area (TPSA) is 105 Å². The van der Waals surface area contributed by atoms with Crippen LogP contribution >= 0.6 is 0 Å². The first-order chi connectivity index (χ1) is 18.1. The van der Waals surface area contributed by atoms with Crippen LogP contribution in [0.15, 0.2) is 53.3 Å². The molecular weight excluding hydrogens is 472 g/mol. The van der Waals surface area contributed by atoms with Gasteiger partial charge in [0.1, 0.15) is 23.2 Å². The number of carboxylic acid groups (broad SMARTS) is 1. The summed E-state index contributed by atoms with van der Waals surface area (Å²) >= 11 is 0. The van der Waals surface area contributed by atoms with E-state index >= 15 is 0 Å². The summed E-state index contributed by atoms with van der Waals surface area (Å²) in [6.07, 6.45) is 7.83. The van der Waals surface area contributed by atoms with Crippen molar-refractivity contribution < 1.29 is 28.9 Å². The van der Waals surface area contributed by atoms with E-state index in [4.69, 9.17) is 13.9 Å². The maximum absolute atomic E-state index is 12.3. The molecule has 0 radical (unpaired) electrons. The Hall–Kier alpha value is -3.62. The highest BCUT2D eigenvalue weighted by molar-refractivity contribution is 6.15. The van der Waals surface area contributed by atoms with Gasteiger partial charge in [-0.05, 0) is 30.4 Å². The summed E-state index contributed by atoms with van der Waals surface area (Å²) in [5, 5.41) is 23.4. The predicted octanol–water partition coefficient (Wildman–Crippen LogP) is 5.38. The van der Waals surface area contributed by atoms with E-state index in [9.17, 15) is 15.0 Å². The highest BCUT2D eigenvalue weighted by Gasteiger charge is 2.33. The van der Waals surface area contributed by atoms with Crippen LogP contribution in [0.3, 0.4) is 0 Å². The van der Waals surface area contributed by atoms with Crippen molar-refractivity contribution >= 4 is 27.7 Å².